The number of hydrogen-bond donors (Lipinski definition) is 1. The van der Waals surface area contributed by atoms with Crippen LogP contribution in [0.2, 0.25) is 0 Å². The molecule has 0 aliphatic rings. The molecule has 0 radical (unpaired) electrons. The van der Waals surface area contributed by atoms with Crippen molar-refractivity contribution in [3.8, 4) is 0 Å². The van der Waals surface area contributed by atoms with Crippen LogP contribution in [-0.2, 0) is 9.53 Å². The van der Waals surface area contributed by atoms with Crippen molar-refractivity contribution >= 4 is 5.97 Å². The van der Waals surface area contributed by atoms with Crippen molar-refractivity contribution in [1.29, 1.82) is 0 Å². The Labute approximate surface area is 109 Å². The zero-order chi connectivity index (χ0) is 13.5. The molecule has 0 fully saturated rings. The Hall–Kier alpha value is -1.61. The summed E-state index contributed by atoms with van der Waals surface area (Å²) < 4.78 is 4.88. The molecule has 0 amide bonds. The van der Waals surface area contributed by atoms with Gasteiger partial charge < -0.3 is 10.1 Å². The Kier molecular flexibility index (Phi) is 5.59. The average Bonchev–Trinajstić information content (AvgIpc) is 2.36. The van der Waals surface area contributed by atoms with Crippen LogP contribution >= 0.6 is 0 Å². The maximum absolute atomic E-state index is 11.4. The van der Waals surface area contributed by atoms with Crippen LogP contribution in [0.25, 0.3) is 0 Å². The molecule has 0 unspecified atom stereocenters. The smallest absolute Gasteiger partial charge is 0.334 e. The predicted molar refractivity (Wildman–Crippen MR) is 73.4 cm³/mol. The van der Waals surface area contributed by atoms with Gasteiger partial charge in [-0.25, -0.2) is 4.79 Å². The number of carbonyl (C=O) groups excluding carboxylic acids is 1. The van der Waals surface area contributed by atoms with Gasteiger partial charge in [-0.3, -0.25) is 0 Å². The second-order valence-corrected chi connectivity index (χ2v) is 4.34. The fourth-order valence-electron chi connectivity index (χ4n) is 1.55. The topological polar surface area (TPSA) is 38.3 Å². The number of nitrogens with one attached hydrogen (secondary N) is 1. The van der Waals surface area contributed by atoms with E-state index in [9.17, 15) is 4.79 Å². The van der Waals surface area contributed by atoms with Crippen molar-refractivity contribution in [3.05, 3.63) is 47.5 Å². The van der Waals surface area contributed by atoms with E-state index >= 15 is 0 Å². The van der Waals surface area contributed by atoms with E-state index in [1.165, 1.54) is 11.1 Å². The predicted octanol–water partition coefficient (Wildman–Crippen LogP) is 2.76. The van der Waals surface area contributed by atoms with Gasteiger partial charge in [0.05, 0.1) is 6.61 Å². The molecular weight excluding hydrogens is 226 g/mol. The maximum Gasteiger partial charge on any atom is 0.334 e. The van der Waals surface area contributed by atoms with Crippen molar-refractivity contribution in [1.82, 2.24) is 5.32 Å². The van der Waals surface area contributed by atoms with Crippen molar-refractivity contribution in [2.75, 3.05) is 13.2 Å². The first-order chi connectivity index (χ1) is 8.54. The van der Waals surface area contributed by atoms with Gasteiger partial charge in [0.1, 0.15) is 0 Å². The van der Waals surface area contributed by atoms with Crippen LogP contribution in [0, 0.1) is 6.92 Å². The van der Waals surface area contributed by atoms with Gasteiger partial charge in [0.2, 0.25) is 0 Å². The molecule has 1 aromatic carbocycles. The van der Waals surface area contributed by atoms with E-state index in [4.69, 9.17) is 4.74 Å². The number of rotatable bonds is 6. The molecule has 98 valence electrons. The van der Waals surface area contributed by atoms with Crippen molar-refractivity contribution in [3.63, 3.8) is 0 Å². The number of esters is 1. The number of aryl methyl sites for hydroxylation is 1. The summed E-state index contributed by atoms with van der Waals surface area (Å²) in [5.74, 6) is -0.332. The van der Waals surface area contributed by atoms with Crippen LogP contribution in [0.1, 0.15) is 31.0 Å². The monoisotopic (exact) mass is 247 g/mol. The van der Waals surface area contributed by atoms with E-state index in [1.54, 1.807) is 6.92 Å². The zero-order valence-electron chi connectivity index (χ0n) is 11.3. The molecule has 1 rings (SSSR count). The molecule has 18 heavy (non-hydrogen) atoms. The highest BCUT2D eigenvalue weighted by Crippen LogP contribution is 2.13. The van der Waals surface area contributed by atoms with Gasteiger partial charge >= 0.3 is 5.97 Å². The fraction of sp³-hybridized carbons (Fsp3) is 0.400. The molecule has 0 heterocycles. The van der Waals surface area contributed by atoms with Crippen LogP contribution in [0.15, 0.2) is 36.4 Å². The van der Waals surface area contributed by atoms with E-state index in [1.807, 2.05) is 0 Å². The van der Waals surface area contributed by atoms with Gasteiger partial charge in [-0.05, 0) is 26.3 Å². The second-order valence-electron chi connectivity index (χ2n) is 4.34. The minimum atomic E-state index is -0.332. The van der Waals surface area contributed by atoms with Crippen LogP contribution < -0.4 is 5.32 Å². The molecule has 0 aromatic heterocycles. The Morgan fingerprint density at radius 2 is 2.00 bits per heavy atom. The average molecular weight is 247 g/mol. The summed E-state index contributed by atoms with van der Waals surface area (Å²) in [6.07, 6.45) is 0. The summed E-state index contributed by atoms with van der Waals surface area (Å²) in [5.41, 5.74) is 2.88. The van der Waals surface area contributed by atoms with Gasteiger partial charge in [0, 0.05) is 18.2 Å². The van der Waals surface area contributed by atoms with E-state index in [2.05, 4.69) is 50.0 Å². The molecule has 3 heteroatoms. The molecular formula is C15H21NO2. The third-order valence-corrected chi connectivity index (χ3v) is 2.76. The second kappa shape index (κ2) is 6.97. The van der Waals surface area contributed by atoms with E-state index in [-0.39, 0.29) is 12.0 Å². The molecule has 3 nitrogen and oxygen atoms in total. The lowest BCUT2D eigenvalue weighted by molar-refractivity contribution is -0.138. The molecule has 0 bridgehead atoms. The van der Waals surface area contributed by atoms with Crippen LogP contribution in [0.4, 0.5) is 0 Å². The first kappa shape index (κ1) is 14.5. The van der Waals surface area contributed by atoms with Crippen molar-refractivity contribution in [2.24, 2.45) is 0 Å². The van der Waals surface area contributed by atoms with Gasteiger partial charge in [-0.2, -0.15) is 0 Å². The molecule has 1 atom stereocenters. The van der Waals surface area contributed by atoms with Gasteiger partial charge in [0.25, 0.3) is 0 Å². The Morgan fingerprint density at radius 3 is 2.56 bits per heavy atom. The molecule has 1 N–H and O–H groups in total. The molecule has 0 saturated heterocycles. The first-order valence-electron chi connectivity index (χ1n) is 6.19. The first-order valence-corrected chi connectivity index (χ1v) is 6.19. The molecule has 0 saturated carbocycles. The standard InChI is InChI=1S/C15H21NO2/c1-5-18-15(17)12(3)10-16-13(4)14-8-6-11(2)7-9-14/h6-9,13,16H,3,5,10H2,1-2,4H3/t13-/m0/s1. The molecule has 1 aromatic rings. The zero-order valence-corrected chi connectivity index (χ0v) is 11.3. The maximum atomic E-state index is 11.4. The van der Waals surface area contributed by atoms with E-state index in [0.29, 0.717) is 18.7 Å². The number of benzene rings is 1. The Bertz CT molecular complexity index is 409. The lowest BCUT2D eigenvalue weighted by atomic mass is 10.1. The lowest BCUT2D eigenvalue weighted by Crippen LogP contribution is -2.24. The van der Waals surface area contributed by atoms with Crippen LogP contribution in [0.3, 0.4) is 0 Å². The van der Waals surface area contributed by atoms with Crippen LogP contribution in [-0.4, -0.2) is 19.1 Å². The summed E-state index contributed by atoms with van der Waals surface area (Å²) in [5, 5.41) is 3.26. The molecule has 0 aliphatic heterocycles. The van der Waals surface area contributed by atoms with Gasteiger partial charge in [-0.1, -0.05) is 36.4 Å². The van der Waals surface area contributed by atoms with E-state index < -0.39 is 0 Å². The Balaban J connectivity index is 2.46. The third-order valence-electron chi connectivity index (χ3n) is 2.76. The van der Waals surface area contributed by atoms with Crippen LogP contribution in [0.5, 0.6) is 0 Å². The SMILES string of the molecule is C=C(CN[C@@H](C)c1ccc(C)cc1)C(=O)OCC. The summed E-state index contributed by atoms with van der Waals surface area (Å²) in [7, 11) is 0. The summed E-state index contributed by atoms with van der Waals surface area (Å²) in [4.78, 5) is 11.4. The van der Waals surface area contributed by atoms with Crippen molar-refractivity contribution in [2.45, 2.75) is 26.8 Å². The number of ether oxygens (including phenoxy) is 1. The highest BCUT2D eigenvalue weighted by molar-refractivity contribution is 5.88. The molecule has 0 spiro atoms. The van der Waals surface area contributed by atoms with Gasteiger partial charge in [-0.15, -0.1) is 0 Å². The number of carbonyl (C=O) groups is 1. The summed E-state index contributed by atoms with van der Waals surface area (Å²) >= 11 is 0. The Morgan fingerprint density at radius 1 is 1.39 bits per heavy atom. The highest BCUT2D eigenvalue weighted by atomic mass is 16.5. The van der Waals surface area contributed by atoms with Crippen molar-refractivity contribution < 1.29 is 9.53 Å². The summed E-state index contributed by atoms with van der Waals surface area (Å²) in [6.45, 7) is 10.4. The minimum Gasteiger partial charge on any atom is -0.463 e. The molecule has 0 aliphatic carbocycles. The van der Waals surface area contributed by atoms with E-state index in [0.717, 1.165) is 0 Å². The fourth-order valence-corrected chi connectivity index (χ4v) is 1.55. The number of hydrogen-bond acceptors (Lipinski definition) is 3. The third kappa shape index (κ3) is 4.34. The highest BCUT2D eigenvalue weighted by Gasteiger charge is 2.10. The largest absolute Gasteiger partial charge is 0.463 e. The minimum absolute atomic E-state index is 0.178. The lowest BCUT2D eigenvalue weighted by Gasteiger charge is -2.15. The quantitative estimate of drug-likeness (QED) is 0.620. The summed E-state index contributed by atoms with van der Waals surface area (Å²) in [6, 6.07) is 8.50. The van der Waals surface area contributed by atoms with Gasteiger partial charge in [0.15, 0.2) is 0 Å². The normalized spacial score (nSPS) is 11.9.